The zero-order valence-corrected chi connectivity index (χ0v) is 12.9. The maximum absolute atomic E-state index is 12.3. The van der Waals surface area contributed by atoms with Crippen molar-refractivity contribution in [1.29, 1.82) is 5.26 Å². The number of carbonyl (C=O) groups excluding carboxylic acids is 1. The van der Waals surface area contributed by atoms with E-state index >= 15 is 0 Å². The van der Waals surface area contributed by atoms with Crippen LogP contribution in [0, 0.1) is 11.3 Å². The average molecular weight is 309 g/mol. The summed E-state index contributed by atoms with van der Waals surface area (Å²) in [5.74, 6) is 0.747. The average Bonchev–Trinajstić information content (AvgIpc) is 3.29. The number of benzene rings is 1. The summed E-state index contributed by atoms with van der Waals surface area (Å²) in [6.07, 6.45) is 4.03. The summed E-state index contributed by atoms with van der Waals surface area (Å²) >= 11 is 0. The molecule has 0 unspecified atom stereocenters. The minimum absolute atomic E-state index is 0.0647. The Labute approximate surface area is 135 Å². The number of rotatable bonds is 5. The molecule has 1 aliphatic heterocycles. The normalized spacial score (nSPS) is 16.0. The van der Waals surface area contributed by atoms with Crippen LogP contribution in [0.4, 0.5) is 0 Å². The molecule has 1 aromatic carbocycles. The highest BCUT2D eigenvalue weighted by Gasteiger charge is 2.26. The molecule has 1 amide bonds. The van der Waals surface area contributed by atoms with Gasteiger partial charge in [-0.1, -0.05) is 0 Å². The summed E-state index contributed by atoms with van der Waals surface area (Å²) in [6.45, 7) is 2.56. The molecule has 0 bridgehead atoms. The lowest BCUT2D eigenvalue weighted by Crippen LogP contribution is -2.36. The standard InChI is InChI=1S/C18H19N3O2/c19-12-14-5-7-15(8-6-14)18(22)20-13-16(17-4-3-11-23-17)21-9-1-2-10-21/h3-8,11,16H,1-2,9-10,13H2,(H,20,22)/t16-/m1/s1. The van der Waals surface area contributed by atoms with Crippen LogP contribution in [0.3, 0.4) is 0 Å². The first kappa shape index (κ1) is 15.3. The molecule has 0 saturated carbocycles. The summed E-state index contributed by atoms with van der Waals surface area (Å²) < 4.78 is 5.55. The van der Waals surface area contributed by atoms with Gasteiger partial charge in [-0.2, -0.15) is 5.26 Å². The lowest BCUT2D eigenvalue weighted by molar-refractivity contribution is 0.0934. The van der Waals surface area contributed by atoms with Crippen LogP contribution in [-0.4, -0.2) is 30.4 Å². The van der Waals surface area contributed by atoms with E-state index in [9.17, 15) is 4.79 Å². The van der Waals surface area contributed by atoms with Crippen LogP contribution in [0.5, 0.6) is 0 Å². The van der Waals surface area contributed by atoms with Crippen molar-refractivity contribution in [3.05, 3.63) is 59.5 Å². The van der Waals surface area contributed by atoms with Gasteiger partial charge in [0.25, 0.3) is 5.91 Å². The smallest absolute Gasteiger partial charge is 0.251 e. The van der Waals surface area contributed by atoms with Crippen LogP contribution < -0.4 is 5.32 Å². The van der Waals surface area contributed by atoms with Crippen molar-refractivity contribution in [3.8, 4) is 6.07 Å². The molecule has 1 N–H and O–H groups in total. The molecule has 5 nitrogen and oxygen atoms in total. The molecule has 118 valence electrons. The molecule has 1 fully saturated rings. The van der Waals surface area contributed by atoms with Crippen LogP contribution in [0.15, 0.2) is 47.1 Å². The molecular weight excluding hydrogens is 290 g/mol. The Bertz CT molecular complexity index is 680. The summed E-state index contributed by atoms with van der Waals surface area (Å²) in [7, 11) is 0. The van der Waals surface area contributed by atoms with Gasteiger partial charge in [-0.3, -0.25) is 9.69 Å². The fraction of sp³-hybridized carbons (Fsp3) is 0.333. The van der Waals surface area contributed by atoms with Gasteiger partial charge in [-0.25, -0.2) is 0 Å². The predicted molar refractivity (Wildman–Crippen MR) is 85.7 cm³/mol. The van der Waals surface area contributed by atoms with Gasteiger partial charge in [0.05, 0.1) is 23.9 Å². The molecule has 0 spiro atoms. The summed E-state index contributed by atoms with van der Waals surface area (Å²) in [5.41, 5.74) is 1.11. The van der Waals surface area contributed by atoms with E-state index in [4.69, 9.17) is 9.68 Å². The highest BCUT2D eigenvalue weighted by molar-refractivity contribution is 5.94. The minimum atomic E-state index is -0.134. The third-order valence-corrected chi connectivity index (χ3v) is 4.19. The van der Waals surface area contributed by atoms with Crippen molar-refractivity contribution in [3.63, 3.8) is 0 Å². The van der Waals surface area contributed by atoms with Gasteiger partial charge in [0.1, 0.15) is 5.76 Å². The zero-order chi connectivity index (χ0) is 16.1. The molecule has 2 heterocycles. The van der Waals surface area contributed by atoms with E-state index in [1.807, 2.05) is 18.2 Å². The van der Waals surface area contributed by atoms with E-state index in [0.29, 0.717) is 17.7 Å². The van der Waals surface area contributed by atoms with Crippen LogP contribution in [-0.2, 0) is 0 Å². The SMILES string of the molecule is N#Cc1ccc(C(=O)NC[C@H](c2ccco2)N2CCCC2)cc1. The largest absolute Gasteiger partial charge is 0.468 e. The molecule has 5 heteroatoms. The van der Waals surface area contributed by atoms with Gasteiger partial charge in [-0.05, 0) is 62.3 Å². The number of amides is 1. The van der Waals surface area contributed by atoms with Crippen molar-refractivity contribution >= 4 is 5.91 Å². The summed E-state index contributed by atoms with van der Waals surface area (Å²) in [4.78, 5) is 14.6. The van der Waals surface area contributed by atoms with E-state index in [1.54, 1.807) is 30.5 Å². The molecular formula is C18H19N3O2. The van der Waals surface area contributed by atoms with Crippen molar-refractivity contribution in [2.45, 2.75) is 18.9 Å². The quantitative estimate of drug-likeness (QED) is 0.922. The van der Waals surface area contributed by atoms with E-state index in [0.717, 1.165) is 18.8 Å². The van der Waals surface area contributed by atoms with Crippen molar-refractivity contribution in [1.82, 2.24) is 10.2 Å². The Morgan fingerprint density at radius 3 is 2.61 bits per heavy atom. The van der Waals surface area contributed by atoms with Gasteiger partial charge in [0, 0.05) is 12.1 Å². The first-order valence-electron chi connectivity index (χ1n) is 7.84. The van der Waals surface area contributed by atoms with Gasteiger partial charge in [-0.15, -0.1) is 0 Å². The minimum Gasteiger partial charge on any atom is -0.468 e. The number of furan rings is 1. The van der Waals surface area contributed by atoms with Gasteiger partial charge in [0.2, 0.25) is 0 Å². The molecule has 1 aromatic heterocycles. The molecule has 3 rings (SSSR count). The highest BCUT2D eigenvalue weighted by Crippen LogP contribution is 2.24. The lowest BCUT2D eigenvalue weighted by Gasteiger charge is -2.26. The second-order valence-corrected chi connectivity index (χ2v) is 5.67. The fourth-order valence-corrected chi connectivity index (χ4v) is 2.93. The fourth-order valence-electron chi connectivity index (χ4n) is 2.93. The Kier molecular flexibility index (Phi) is 4.74. The van der Waals surface area contributed by atoms with E-state index in [1.165, 1.54) is 12.8 Å². The Hall–Kier alpha value is -2.58. The zero-order valence-electron chi connectivity index (χ0n) is 12.9. The molecule has 23 heavy (non-hydrogen) atoms. The third-order valence-electron chi connectivity index (χ3n) is 4.19. The maximum atomic E-state index is 12.3. The predicted octanol–water partition coefficient (Wildman–Crippen LogP) is 2.72. The molecule has 2 aromatic rings. The Morgan fingerprint density at radius 2 is 2.00 bits per heavy atom. The van der Waals surface area contributed by atoms with Crippen LogP contribution in [0.1, 0.15) is 40.6 Å². The highest BCUT2D eigenvalue weighted by atomic mass is 16.3. The topological polar surface area (TPSA) is 69.3 Å². The molecule has 1 atom stereocenters. The third kappa shape index (κ3) is 3.61. The van der Waals surface area contributed by atoms with Crippen molar-refractivity contribution < 1.29 is 9.21 Å². The first-order valence-corrected chi connectivity index (χ1v) is 7.84. The number of hydrogen-bond donors (Lipinski definition) is 1. The molecule has 0 aliphatic carbocycles. The summed E-state index contributed by atoms with van der Waals surface area (Å²) in [6, 6.07) is 12.6. The number of hydrogen-bond acceptors (Lipinski definition) is 4. The molecule has 0 radical (unpaired) electrons. The number of nitrogens with zero attached hydrogens (tertiary/aromatic N) is 2. The van der Waals surface area contributed by atoms with Gasteiger partial charge >= 0.3 is 0 Å². The van der Waals surface area contributed by atoms with E-state index < -0.39 is 0 Å². The number of nitrogens with one attached hydrogen (secondary N) is 1. The molecule has 1 aliphatic rings. The second-order valence-electron chi connectivity index (χ2n) is 5.67. The number of nitriles is 1. The van der Waals surface area contributed by atoms with Gasteiger partial charge in [0.15, 0.2) is 0 Å². The second kappa shape index (κ2) is 7.12. The number of carbonyl (C=O) groups is 1. The number of likely N-dealkylation sites (tertiary alicyclic amines) is 1. The maximum Gasteiger partial charge on any atom is 0.251 e. The van der Waals surface area contributed by atoms with Gasteiger partial charge < -0.3 is 9.73 Å². The van der Waals surface area contributed by atoms with Crippen molar-refractivity contribution in [2.75, 3.05) is 19.6 Å². The lowest BCUT2D eigenvalue weighted by atomic mass is 10.1. The molecule has 1 saturated heterocycles. The van der Waals surface area contributed by atoms with E-state index in [-0.39, 0.29) is 11.9 Å². The van der Waals surface area contributed by atoms with Crippen LogP contribution >= 0.6 is 0 Å². The van der Waals surface area contributed by atoms with Crippen LogP contribution in [0.25, 0.3) is 0 Å². The Balaban J connectivity index is 1.66. The summed E-state index contributed by atoms with van der Waals surface area (Å²) in [5, 5.41) is 11.8. The monoisotopic (exact) mass is 309 g/mol. The first-order chi connectivity index (χ1) is 11.3. The van der Waals surface area contributed by atoms with Crippen molar-refractivity contribution in [2.24, 2.45) is 0 Å². The Morgan fingerprint density at radius 1 is 1.26 bits per heavy atom. The van der Waals surface area contributed by atoms with E-state index in [2.05, 4.69) is 10.2 Å². The van der Waals surface area contributed by atoms with Crippen LogP contribution in [0.2, 0.25) is 0 Å².